The maximum atomic E-state index is 5.76. The summed E-state index contributed by atoms with van der Waals surface area (Å²) in [6, 6.07) is 8.02. The summed E-state index contributed by atoms with van der Waals surface area (Å²) in [5.74, 6) is 3.16. The lowest BCUT2D eigenvalue weighted by molar-refractivity contribution is 0.122. The van der Waals surface area contributed by atoms with Gasteiger partial charge in [-0.15, -0.1) is 5.10 Å². The zero-order chi connectivity index (χ0) is 21.5. The first kappa shape index (κ1) is 21.3. The molecule has 3 heterocycles. The predicted octanol–water partition coefficient (Wildman–Crippen LogP) is 2.20. The molecule has 1 aliphatic heterocycles. The van der Waals surface area contributed by atoms with E-state index in [-0.39, 0.29) is 0 Å². The molecule has 0 bridgehead atoms. The second kappa shape index (κ2) is 10.4. The first-order valence-corrected chi connectivity index (χ1v) is 11.3. The van der Waals surface area contributed by atoms with Crippen molar-refractivity contribution in [3.63, 3.8) is 0 Å². The van der Waals surface area contributed by atoms with Gasteiger partial charge < -0.3 is 19.7 Å². The molecule has 3 aromatic rings. The second-order valence-corrected chi connectivity index (χ2v) is 7.93. The standard InChI is InChI=1S/C20H26N8O2S/c1-3-21-17-23-18(27-8-10-29-11-9-27)25-19(24-17)28-14-22-20(26-28)31-13-12-30-16-6-4-15(2)5-7-16/h4-7,14H,3,8-13H2,1-2H3,(H,21,23,24,25). The molecular weight excluding hydrogens is 416 g/mol. The van der Waals surface area contributed by atoms with Gasteiger partial charge in [-0.3, -0.25) is 0 Å². The van der Waals surface area contributed by atoms with Crippen LogP contribution < -0.4 is 15.0 Å². The van der Waals surface area contributed by atoms with Crippen LogP contribution in [0.25, 0.3) is 5.95 Å². The first-order chi connectivity index (χ1) is 15.2. The molecule has 31 heavy (non-hydrogen) atoms. The van der Waals surface area contributed by atoms with Crippen LogP contribution in [0, 0.1) is 6.92 Å². The molecule has 1 aliphatic rings. The summed E-state index contributed by atoms with van der Waals surface area (Å²) in [7, 11) is 0. The highest BCUT2D eigenvalue weighted by molar-refractivity contribution is 7.99. The fourth-order valence-corrected chi connectivity index (χ4v) is 3.55. The van der Waals surface area contributed by atoms with Gasteiger partial charge in [-0.25, -0.2) is 4.98 Å². The van der Waals surface area contributed by atoms with Gasteiger partial charge in [0, 0.05) is 25.4 Å². The second-order valence-electron chi connectivity index (χ2n) is 6.87. The number of ether oxygens (including phenoxy) is 2. The molecule has 0 unspecified atom stereocenters. The van der Waals surface area contributed by atoms with E-state index in [2.05, 4.69) is 42.2 Å². The van der Waals surface area contributed by atoms with Gasteiger partial charge in [0.1, 0.15) is 12.1 Å². The normalized spacial score (nSPS) is 13.9. The van der Waals surface area contributed by atoms with E-state index in [4.69, 9.17) is 9.47 Å². The van der Waals surface area contributed by atoms with Crippen molar-refractivity contribution in [2.45, 2.75) is 19.0 Å². The van der Waals surface area contributed by atoms with E-state index in [1.54, 1.807) is 11.0 Å². The largest absolute Gasteiger partial charge is 0.493 e. The Bertz CT molecular complexity index is 976. The predicted molar refractivity (Wildman–Crippen MR) is 119 cm³/mol. The summed E-state index contributed by atoms with van der Waals surface area (Å²) >= 11 is 1.52. The molecule has 2 aromatic heterocycles. The molecule has 1 fully saturated rings. The SMILES string of the molecule is CCNc1nc(N2CCOCC2)nc(-n2cnc(SCCOc3ccc(C)cc3)n2)n1. The molecule has 0 amide bonds. The lowest BCUT2D eigenvalue weighted by Crippen LogP contribution is -2.37. The molecule has 1 N–H and O–H groups in total. The molecule has 0 atom stereocenters. The van der Waals surface area contributed by atoms with Crippen molar-refractivity contribution in [1.82, 2.24) is 29.7 Å². The average molecular weight is 443 g/mol. The zero-order valence-electron chi connectivity index (χ0n) is 17.7. The van der Waals surface area contributed by atoms with E-state index < -0.39 is 0 Å². The molecule has 0 aliphatic carbocycles. The highest BCUT2D eigenvalue weighted by Gasteiger charge is 2.18. The Morgan fingerprint density at radius 1 is 1.10 bits per heavy atom. The van der Waals surface area contributed by atoms with E-state index in [0.717, 1.165) is 24.6 Å². The number of thioether (sulfide) groups is 1. The summed E-state index contributed by atoms with van der Waals surface area (Å²) < 4.78 is 12.8. The number of aryl methyl sites for hydroxylation is 1. The molecule has 1 aromatic carbocycles. The number of hydrogen-bond acceptors (Lipinski definition) is 10. The quantitative estimate of drug-likeness (QED) is 0.392. The molecule has 11 heteroatoms. The topological polar surface area (TPSA) is 103 Å². The van der Waals surface area contributed by atoms with Crippen LogP contribution in [0.1, 0.15) is 12.5 Å². The van der Waals surface area contributed by atoms with E-state index in [0.29, 0.717) is 49.4 Å². The number of anilines is 2. The Labute approximate surface area is 185 Å². The maximum absolute atomic E-state index is 5.76. The monoisotopic (exact) mass is 442 g/mol. The third-order valence-corrected chi connectivity index (χ3v) is 5.34. The van der Waals surface area contributed by atoms with E-state index >= 15 is 0 Å². The van der Waals surface area contributed by atoms with Crippen molar-refractivity contribution in [1.29, 1.82) is 0 Å². The fraction of sp³-hybridized carbons (Fsp3) is 0.450. The third kappa shape index (κ3) is 5.82. The Morgan fingerprint density at radius 3 is 2.65 bits per heavy atom. The summed E-state index contributed by atoms with van der Waals surface area (Å²) in [5, 5.41) is 8.32. The van der Waals surface area contributed by atoms with Crippen molar-refractivity contribution in [2.24, 2.45) is 0 Å². The van der Waals surface area contributed by atoms with Gasteiger partial charge in [-0.1, -0.05) is 29.5 Å². The highest BCUT2D eigenvalue weighted by atomic mass is 32.2. The van der Waals surface area contributed by atoms with Gasteiger partial charge in [0.05, 0.1) is 19.8 Å². The highest BCUT2D eigenvalue weighted by Crippen LogP contribution is 2.17. The Morgan fingerprint density at radius 2 is 1.87 bits per heavy atom. The smallest absolute Gasteiger partial charge is 0.258 e. The van der Waals surface area contributed by atoms with Crippen molar-refractivity contribution < 1.29 is 9.47 Å². The molecular formula is C20H26N8O2S. The zero-order valence-corrected chi connectivity index (χ0v) is 18.5. The molecule has 1 saturated heterocycles. The molecule has 10 nitrogen and oxygen atoms in total. The van der Waals surface area contributed by atoms with Crippen LogP contribution in [0.15, 0.2) is 35.7 Å². The number of morpholine rings is 1. The molecule has 0 saturated carbocycles. The molecule has 0 spiro atoms. The van der Waals surface area contributed by atoms with E-state index in [9.17, 15) is 0 Å². The minimum Gasteiger partial charge on any atom is -0.493 e. The van der Waals surface area contributed by atoms with Crippen LogP contribution in [0.2, 0.25) is 0 Å². The van der Waals surface area contributed by atoms with Gasteiger partial charge in [-0.05, 0) is 26.0 Å². The molecule has 4 rings (SSSR count). The van der Waals surface area contributed by atoms with E-state index in [1.807, 2.05) is 31.2 Å². The van der Waals surface area contributed by atoms with E-state index in [1.165, 1.54) is 17.3 Å². The van der Waals surface area contributed by atoms with Crippen molar-refractivity contribution in [3.05, 3.63) is 36.2 Å². The van der Waals surface area contributed by atoms with Crippen LogP contribution in [0.4, 0.5) is 11.9 Å². The van der Waals surface area contributed by atoms with Crippen LogP contribution in [0.5, 0.6) is 5.75 Å². The Kier molecular flexibility index (Phi) is 7.15. The Hall–Kier alpha value is -2.92. The van der Waals surface area contributed by atoms with Crippen LogP contribution in [-0.2, 0) is 4.74 Å². The molecule has 164 valence electrons. The molecule has 0 radical (unpaired) electrons. The van der Waals surface area contributed by atoms with Gasteiger partial charge in [-0.2, -0.15) is 19.6 Å². The number of nitrogens with zero attached hydrogens (tertiary/aromatic N) is 7. The van der Waals surface area contributed by atoms with Gasteiger partial charge in [0.15, 0.2) is 0 Å². The Balaban J connectivity index is 1.40. The average Bonchev–Trinajstić information content (AvgIpc) is 3.28. The van der Waals surface area contributed by atoms with Gasteiger partial charge in [0.2, 0.25) is 17.1 Å². The number of aromatic nitrogens is 6. The first-order valence-electron chi connectivity index (χ1n) is 10.3. The van der Waals surface area contributed by atoms with Crippen molar-refractivity contribution in [3.8, 4) is 11.7 Å². The van der Waals surface area contributed by atoms with Crippen LogP contribution >= 0.6 is 11.8 Å². The number of nitrogens with one attached hydrogen (secondary N) is 1. The van der Waals surface area contributed by atoms with Gasteiger partial charge in [0.25, 0.3) is 5.95 Å². The summed E-state index contributed by atoms with van der Waals surface area (Å²) in [6.07, 6.45) is 1.62. The minimum atomic E-state index is 0.433. The number of hydrogen-bond donors (Lipinski definition) is 1. The maximum Gasteiger partial charge on any atom is 0.258 e. The number of benzene rings is 1. The summed E-state index contributed by atoms with van der Waals surface area (Å²) in [6.45, 7) is 8.15. The summed E-state index contributed by atoms with van der Waals surface area (Å²) in [5.41, 5.74) is 1.21. The minimum absolute atomic E-state index is 0.433. The van der Waals surface area contributed by atoms with Crippen molar-refractivity contribution in [2.75, 3.05) is 55.4 Å². The van der Waals surface area contributed by atoms with Gasteiger partial charge >= 0.3 is 0 Å². The number of rotatable bonds is 9. The third-order valence-electron chi connectivity index (χ3n) is 4.52. The lowest BCUT2D eigenvalue weighted by atomic mass is 10.2. The van der Waals surface area contributed by atoms with Crippen LogP contribution in [0.3, 0.4) is 0 Å². The van der Waals surface area contributed by atoms with Crippen molar-refractivity contribution >= 4 is 23.7 Å². The lowest BCUT2D eigenvalue weighted by Gasteiger charge is -2.27. The summed E-state index contributed by atoms with van der Waals surface area (Å²) in [4.78, 5) is 20.1. The fourth-order valence-electron chi connectivity index (χ4n) is 2.94. The van der Waals surface area contributed by atoms with Crippen LogP contribution in [-0.4, -0.2) is 74.9 Å².